The van der Waals surface area contributed by atoms with Gasteiger partial charge in [-0.1, -0.05) is 78.7 Å². The maximum atomic E-state index is 13.2. The van der Waals surface area contributed by atoms with Gasteiger partial charge < -0.3 is 30.0 Å². The molecule has 0 aliphatic carbocycles. The highest BCUT2D eigenvalue weighted by Gasteiger charge is 2.36. The lowest BCUT2D eigenvalue weighted by molar-refractivity contribution is -0.142. The van der Waals surface area contributed by atoms with E-state index in [1.165, 1.54) is 0 Å². The van der Waals surface area contributed by atoms with Crippen LogP contribution >= 0.6 is 0 Å². The second-order valence-electron chi connectivity index (χ2n) is 12.2. The van der Waals surface area contributed by atoms with E-state index in [1.807, 2.05) is 60.7 Å². The van der Waals surface area contributed by atoms with Crippen molar-refractivity contribution in [3.05, 3.63) is 131 Å². The van der Waals surface area contributed by atoms with E-state index in [0.717, 1.165) is 42.5 Å². The van der Waals surface area contributed by atoms with Gasteiger partial charge in [0.15, 0.2) is 12.2 Å². The van der Waals surface area contributed by atoms with Crippen LogP contribution in [0.4, 0.5) is 0 Å². The van der Waals surface area contributed by atoms with E-state index in [1.54, 1.807) is 46.5 Å². The number of aromatic nitrogens is 4. The molecule has 2 aromatic heterocycles. The second kappa shape index (κ2) is 13.7. The van der Waals surface area contributed by atoms with Crippen molar-refractivity contribution in [2.24, 2.45) is 0 Å². The van der Waals surface area contributed by atoms with Gasteiger partial charge in [0.2, 0.25) is 0 Å². The Hall–Kier alpha value is -5.50. The highest BCUT2D eigenvalue weighted by molar-refractivity contribution is 5.83. The molecule has 3 aromatic carbocycles. The van der Waals surface area contributed by atoms with Crippen LogP contribution in [-0.2, 0) is 9.59 Å². The Balaban J connectivity index is 0.995. The van der Waals surface area contributed by atoms with Crippen LogP contribution in [0, 0.1) is 11.8 Å². The fourth-order valence-electron chi connectivity index (χ4n) is 6.59. The molecule has 10 heteroatoms. The van der Waals surface area contributed by atoms with Crippen LogP contribution in [0.2, 0.25) is 0 Å². The molecule has 4 heterocycles. The van der Waals surface area contributed by atoms with Crippen LogP contribution in [0.5, 0.6) is 0 Å². The van der Waals surface area contributed by atoms with Gasteiger partial charge in [0.25, 0.3) is 11.8 Å². The number of hydrogen-bond acceptors (Lipinski definition) is 6. The molecule has 0 saturated carbocycles. The molecule has 2 fully saturated rings. The van der Waals surface area contributed by atoms with Gasteiger partial charge in [-0.3, -0.25) is 9.59 Å². The van der Waals surface area contributed by atoms with E-state index in [2.05, 4.69) is 31.8 Å². The summed E-state index contributed by atoms with van der Waals surface area (Å²) in [6.45, 7) is 1.14. The molecule has 4 atom stereocenters. The predicted octanol–water partition coefficient (Wildman–Crippen LogP) is 4.99. The first-order valence-corrected chi connectivity index (χ1v) is 16.3. The molecule has 7 rings (SSSR count). The molecule has 10 nitrogen and oxygen atoms in total. The molecule has 0 bridgehead atoms. The molecular formula is C38H36N6O4. The molecular weight excluding hydrogens is 604 g/mol. The Morgan fingerprint density at radius 1 is 0.688 bits per heavy atom. The number of rotatable bonds is 7. The van der Waals surface area contributed by atoms with Crippen LogP contribution < -0.4 is 0 Å². The van der Waals surface area contributed by atoms with Crippen LogP contribution in [0.25, 0.3) is 11.3 Å². The molecule has 2 saturated heterocycles. The van der Waals surface area contributed by atoms with Crippen molar-refractivity contribution in [2.45, 2.75) is 50.0 Å². The number of H-pyrrole nitrogens is 2. The van der Waals surface area contributed by atoms with Gasteiger partial charge in [0.05, 0.1) is 30.2 Å². The summed E-state index contributed by atoms with van der Waals surface area (Å²) in [4.78, 5) is 45.5. The lowest BCUT2D eigenvalue weighted by atomic mass is 10.1. The number of aliphatic hydroxyl groups excluding tert-OH is 2. The third kappa shape index (κ3) is 6.38. The quantitative estimate of drug-likeness (QED) is 0.185. The molecule has 2 aliphatic heterocycles. The van der Waals surface area contributed by atoms with Crippen molar-refractivity contribution in [2.75, 3.05) is 13.1 Å². The first kappa shape index (κ1) is 31.1. The van der Waals surface area contributed by atoms with Crippen LogP contribution in [0.3, 0.4) is 0 Å². The summed E-state index contributed by atoms with van der Waals surface area (Å²) in [6.07, 6.45) is 4.23. The van der Waals surface area contributed by atoms with Gasteiger partial charge in [-0.15, -0.1) is 0 Å². The molecule has 4 N–H and O–H groups in total. The lowest BCUT2D eigenvalue weighted by Crippen LogP contribution is -2.35. The highest BCUT2D eigenvalue weighted by Crippen LogP contribution is 2.35. The summed E-state index contributed by atoms with van der Waals surface area (Å²) in [5.41, 5.74) is 4.39. The Kier molecular flexibility index (Phi) is 8.88. The highest BCUT2D eigenvalue weighted by atomic mass is 16.3. The summed E-state index contributed by atoms with van der Waals surface area (Å²) < 4.78 is 0. The van der Waals surface area contributed by atoms with Crippen molar-refractivity contribution >= 4 is 11.8 Å². The molecule has 5 aromatic rings. The summed E-state index contributed by atoms with van der Waals surface area (Å²) >= 11 is 0. The summed E-state index contributed by atoms with van der Waals surface area (Å²) in [7, 11) is 0. The van der Waals surface area contributed by atoms with Gasteiger partial charge in [-0.25, -0.2) is 9.97 Å². The van der Waals surface area contributed by atoms with E-state index >= 15 is 0 Å². The summed E-state index contributed by atoms with van der Waals surface area (Å²) in [5.74, 6) is 7.03. The minimum absolute atomic E-state index is 0.225. The number of carbonyl (C=O) groups excluding carboxylic acids is 2. The van der Waals surface area contributed by atoms with Crippen molar-refractivity contribution in [3.63, 3.8) is 0 Å². The number of aromatic amines is 2. The number of imidazole rings is 2. The monoisotopic (exact) mass is 640 g/mol. The Morgan fingerprint density at radius 3 is 1.77 bits per heavy atom. The van der Waals surface area contributed by atoms with Gasteiger partial charge in [0.1, 0.15) is 17.3 Å². The zero-order valence-corrected chi connectivity index (χ0v) is 26.3. The molecule has 2 aliphatic rings. The normalized spacial score (nSPS) is 18.7. The van der Waals surface area contributed by atoms with Crippen molar-refractivity contribution < 1.29 is 19.8 Å². The number of hydrogen-bond donors (Lipinski definition) is 4. The van der Waals surface area contributed by atoms with Gasteiger partial charge >= 0.3 is 0 Å². The molecule has 242 valence electrons. The molecule has 2 amide bonds. The molecule has 48 heavy (non-hydrogen) atoms. The maximum Gasteiger partial charge on any atom is 0.256 e. The minimum Gasteiger partial charge on any atom is -0.378 e. The Labute approximate surface area is 278 Å². The van der Waals surface area contributed by atoms with Crippen LogP contribution in [0.15, 0.2) is 97.3 Å². The molecule has 4 unspecified atom stereocenters. The number of benzene rings is 3. The number of nitrogens with one attached hydrogen (secondary N) is 2. The molecule has 0 spiro atoms. The minimum atomic E-state index is -1.21. The van der Waals surface area contributed by atoms with Gasteiger partial charge in [0, 0.05) is 18.7 Å². The first-order valence-electron chi connectivity index (χ1n) is 16.3. The maximum absolute atomic E-state index is 13.2. The second-order valence-corrected chi connectivity index (χ2v) is 12.2. The van der Waals surface area contributed by atoms with Crippen LogP contribution in [-0.4, -0.2) is 64.9 Å². The van der Waals surface area contributed by atoms with E-state index < -0.39 is 12.2 Å². The van der Waals surface area contributed by atoms with Crippen molar-refractivity contribution in [3.8, 4) is 23.1 Å². The number of nitrogens with zero attached hydrogens (tertiary/aromatic N) is 4. The first-order chi connectivity index (χ1) is 23.5. The smallest absolute Gasteiger partial charge is 0.256 e. The zero-order chi connectivity index (χ0) is 33.0. The topological polar surface area (TPSA) is 138 Å². The number of aliphatic hydroxyl groups is 2. The fourth-order valence-corrected chi connectivity index (χ4v) is 6.59. The number of likely N-dealkylation sites (tertiary alicyclic amines) is 2. The summed E-state index contributed by atoms with van der Waals surface area (Å²) in [6, 6.07) is 25.3. The number of carbonyl (C=O) groups is 2. The average molecular weight is 641 g/mol. The van der Waals surface area contributed by atoms with Crippen LogP contribution in [0.1, 0.15) is 84.0 Å². The zero-order valence-electron chi connectivity index (χ0n) is 26.3. The van der Waals surface area contributed by atoms with Crippen molar-refractivity contribution in [1.29, 1.82) is 0 Å². The molecule has 0 radical (unpaired) electrons. The van der Waals surface area contributed by atoms with E-state index in [0.29, 0.717) is 41.6 Å². The lowest BCUT2D eigenvalue weighted by Gasteiger charge is -2.25. The van der Waals surface area contributed by atoms with Gasteiger partial charge in [-0.05, 0) is 60.4 Å². The predicted molar refractivity (Wildman–Crippen MR) is 179 cm³/mol. The Bertz CT molecular complexity index is 1940. The van der Waals surface area contributed by atoms with E-state index in [-0.39, 0.29) is 23.9 Å². The van der Waals surface area contributed by atoms with E-state index in [9.17, 15) is 19.8 Å². The average Bonchev–Trinajstić information content (AvgIpc) is 3.97. The third-order valence-electron chi connectivity index (χ3n) is 9.13. The van der Waals surface area contributed by atoms with E-state index in [4.69, 9.17) is 0 Å². The number of amides is 2. The standard InChI is InChI=1S/C38H36N6O4/c45-33(27-9-3-1-4-10-27)37(47)43-21-7-13-31(43)35-39-23-29(41-35)20-17-25-15-18-26(19-16-25)30-24-40-36(42-30)32-14-8-22-44(32)38(48)34(46)28-11-5-2-6-12-28/h1-6,9-12,15-16,18-19,23-24,31-34,45-46H,7-8,13-14,21-22H2,(H,39,41)(H,40,42). The Morgan fingerprint density at radius 2 is 1.21 bits per heavy atom. The van der Waals surface area contributed by atoms with Crippen molar-refractivity contribution in [1.82, 2.24) is 29.7 Å². The third-order valence-corrected chi connectivity index (χ3v) is 9.13. The SMILES string of the molecule is O=C(C(O)c1ccccc1)N1CCCC1c1ncc(C#Cc2ccc(-c3cnc(C4CCCN4C(=O)C(O)c4ccccc4)[nH]3)cc2)[nH]1. The van der Waals surface area contributed by atoms with Gasteiger partial charge in [-0.2, -0.15) is 0 Å². The summed E-state index contributed by atoms with van der Waals surface area (Å²) in [5, 5.41) is 21.4. The largest absolute Gasteiger partial charge is 0.378 e. The fraction of sp³-hybridized carbons (Fsp3) is 0.263.